The molecule has 96 valence electrons. The molecule has 2 unspecified atom stereocenters. The van der Waals surface area contributed by atoms with E-state index in [0.29, 0.717) is 0 Å². The second-order valence-corrected chi connectivity index (χ2v) is 4.93. The van der Waals surface area contributed by atoms with E-state index in [1.54, 1.807) is 0 Å². The lowest BCUT2D eigenvalue weighted by Crippen LogP contribution is -2.44. The van der Waals surface area contributed by atoms with Crippen molar-refractivity contribution in [3.8, 4) is 0 Å². The molecule has 0 aromatic heterocycles. The number of carbonyl (C=O) groups is 1. The predicted octanol–water partition coefficient (Wildman–Crippen LogP) is 2.23. The highest BCUT2D eigenvalue weighted by Crippen LogP contribution is 2.21. The summed E-state index contributed by atoms with van der Waals surface area (Å²) in [5, 5.41) is 2.97. The van der Waals surface area contributed by atoms with Crippen LogP contribution in [0, 0.1) is 5.92 Å². The van der Waals surface area contributed by atoms with Crippen LogP contribution in [0.15, 0.2) is 0 Å². The molecule has 1 aliphatic carbocycles. The molecule has 0 aromatic rings. The maximum absolute atomic E-state index is 11.9. The molecule has 1 saturated carbocycles. The summed E-state index contributed by atoms with van der Waals surface area (Å²) in [6.45, 7) is 3.98. The van der Waals surface area contributed by atoms with E-state index in [4.69, 9.17) is 5.73 Å². The molecule has 0 bridgehead atoms. The van der Waals surface area contributed by atoms with Crippen LogP contribution in [-0.4, -0.2) is 18.0 Å². The molecular weight excluding hydrogens is 224 g/mol. The van der Waals surface area contributed by atoms with Crippen LogP contribution in [0.25, 0.3) is 0 Å². The van der Waals surface area contributed by atoms with Gasteiger partial charge in [-0.2, -0.15) is 0 Å². The maximum Gasteiger partial charge on any atom is 0.224 e. The highest BCUT2D eigenvalue weighted by atomic mass is 35.5. The standard InChI is InChI=1S/C12H24N2O.ClH/c1-9(2)14-12(15)10-7-5-3-4-6-8-11(10)13;/h9-11H,3-8,13H2,1-2H3,(H,14,15);1H. The van der Waals surface area contributed by atoms with Gasteiger partial charge in [-0.05, 0) is 26.7 Å². The minimum Gasteiger partial charge on any atom is -0.354 e. The summed E-state index contributed by atoms with van der Waals surface area (Å²) in [5.41, 5.74) is 6.06. The molecule has 0 saturated heterocycles. The average Bonchev–Trinajstić information content (AvgIpc) is 2.10. The molecule has 1 fully saturated rings. The molecule has 0 radical (unpaired) electrons. The first-order valence-corrected chi connectivity index (χ1v) is 6.17. The molecular formula is C12H25ClN2O. The van der Waals surface area contributed by atoms with Gasteiger partial charge in [0.1, 0.15) is 0 Å². The molecule has 3 N–H and O–H groups in total. The van der Waals surface area contributed by atoms with E-state index in [1.165, 1.54) is 19.3 Å². The van der Waals surface area contributed by atoms with Crippen LogP contribution in [0.1, 0.15) is 52.4 Å². The summed E-state index contributed by atoms with van der Waals surface area (Å²) >= 11 is 0. The van der Waals surface area contributed by atoms with Gasteiger partial charge in [-0.15, -0.1) is 12.4 Å². The Morgan fingerprint density at radius 1 is 1.19 bits per heavy atom. The van der Waals surface area contributed by atoms with Crippen molar-refractivity contribution >= 4 is 18.3 Å². The van der Waals surface area contributed by atoms with E-state index < -0.39 is 0 Å². The Hall–Kier alpha value is -0.280. The molecule has 0 heterocycles. The molecule has 0 aromatic carbocycles. The van der Waals surface area contributed by atoms with Crippen molar-refractivity contribution in [3.05, 3.63) is 0 Å². The van der Waals surface area contributed by atoms with Crippen molar-refractivity contribution in [2.75, 3.05) is 0 Å². The SMILES string of the molecule is CC(C)NC(=O)C1CCCCCCC1N.Cl. The van der Waals surface area contributed by atoms with Crippen LogP contribution in [0.5, 0.6) is 0 Å². The van der Waals surface area contributed by atoms with E-state index in [2.05, 4.69) is 5.32 Å². The van der Waals surface area contributed by atoms with Crippen molar-refractivity contribution in [2.24, 2.45) is 11.7 Å². The van der Waals surface area contributed by atoms with E-state index in [-0.39, 0.29) is 36.3 Å². The third-order valence-corrected chi connectivity index (χ3v) is 3.09. The number of amides is 1. The Balaban J connectivity index is 0.00000225. The minimum atomic E-state index is 0. The van der Waals surface area contributed by atoms with Crippen molar-refractivity contribution in [3.63, 3.8) is 0 Å². The highest BCUT2D eigenvalue weighted by molar-refractivity contribution is 5.85. The number of halogens is 1. The number of carbonyl (C=O) groups excluding carboxylic acids is 1. The Morgan fingerprint density at radius 2 is 1.75 bits per heavy atom. The van der Waals surface area contributed by atoms with Crippen LogP contribution in [-0.2, 0) is 4.79 Å². The van der Waals surface area contributed by atoms with Gasteiger partial charge < -0.3 is 11.1 Å². The monoisotopic (exact) mass is 248 g/mol. The van der Waals surface area contributed by atoms with Gasteiger partial charge in [0.15, 0.2) is 0 Å². The van der Waals surface area contributed by atoms with Gasteiger partial charge in [0, 0.05) is 12.1 Å². The zero-order valence-electron chi connectivity index (χ0n) is 10.4. The summed E-state index contributed by atoms with van der Waals surface area (Å²) in [6.07, 6.45) is 6.79. The highest BCUT2D eigenvalue weighted by Gasteiger charge is 2.26. The molecule has 1 aliphatic rings. The quantitative estimate of drug-likeness (QED) is 0.788. The van der Waals surface area contributed by atoms with Gasteiger partial charge >= 0.3 is 0 Å². The fraction of sp³-hybridized carbons (Fsp3) is 0.917. The number of nitrogens with two attached hydrogens (primary N) is 1. The summed E-state index contributed by atoms with van der Waals surface area (Å²) in [4.78, 5) is 11.9. The summed E-state index contributed by atoms with van der Waals surface area (Å²) in [6, 6.07) is 0.277. The van der Waals surface area contributed by atoms with Gasteiger partial charge in [0.05, 0.1) is 5.92 Å². The predicted molar refractivity (Wildman–Crippen MR) is 69.7 cm³/mol. The summed E-state index contributed by atoms with van der Waals surface area (Å²) in [5.74, 6) is 0.187. The van der Waals surface area contributed by atoms with E-state index in [9.17, 15) is 4.79 Å². The van der Waals surface area contributed by atoms with Gasteiger partial charge in [0.25, 0.3) is 0 Å². The largest absolute Gasteiger partial charge is 0.354 e. The van der Waals surface area contributed by atoms with Crippen molar-refractivity contribution in [1.29, 1.82) is 0 Å². The van der Waals surface area contributed by atoms with Crippen molar-refractivity contribution in [2.45, 2.75) is 64.5 Å². The second-order valence-electron chi connectivity index (χ2n) is 4.93. The van der Waals surface area contributed by atoms with Gasteiger partial charge in [-0.25, -0.2) is 0 Å². The zero-order valence-corrected chi connectivity index (χ0v) is 11.2. The Bertz CT molecular complexity index is 209. The summed E-state index contributed by atoms with van der Waals surface area (Å²) in [7, 11) is 0. The van der Waals surface area contributed by atoms with Crippen LogP contribution in [0.2, 0.25) is 0 Å². The number of nitrogens with one attached hydrogen (secondary N) is 1. The average molecular weight is 249 g/mol. The normalized spacial score (nSPS) is 26.5. The molecule has 4 heteroatoms. The van der Waals surface area contributed by atoms with Crippen LogP contribution < -0.4 is 11.1 Å². The van der Waals surface area contributed by atoms with Crippen molar-refractivity contribution in [1.82, 2.24) is 5.32 Å². The molecule has 2 atom stereocenters. The van der Waals surface area contributed by atoms with Gasteiger partial charge in [0.2, 0.25) is 5.91 Å². The maximum atomic E-state index is 11.9. The van der Waals surface area contributed by atoms with E-state index in [1.807, 2.05) is 13.8 Å². The third kappa shape index (κ3) is 5.17. The van der Waals surface area contributed by atoms with Crippen LogP contribution in [0.4, 0.5) is 0 Å². The molecule has 1 rings (SSSR count). The van der Waals surface area contributed by atoms with Crippen molar-refractivity contribution < 1.29 is 4.79 Å². The lowest BCUT2D eigenvalue weighted by atomic mass is 9.86. The smallest absolute Gasteiger partial charge is 0.224 e. The second kappa shape index (κ2) is 7.91. The third-order valence-electron chi connectivity index (χ3n) is 3.09. The molecule has 1 amide bonds. The van der Waals surface area contributed by atoms with Crippen LogP contribution >= 0.6 is 12.4 Å². The lowest BCUT2D eigenvalue weighted by molar-refractivity contribution is -0.126. The lowest BCUT2D eigenvalue weighted by Gasteiger charge is -2.26. The Labute approximate surface area is 105 Å². The number of hydrogen-bond donors (Lipinski definition) is 2. The fourth-order valence-electron chi connectivity index (χ4n) is 2.23. The Morgan fingerprint density at radius 3 is 2.31 bits per heavy atom. The molecule has 0 aliphatic heterocycles. The molecule has 3 nitrogen and oxygen atoms in total. The molecule has 0 spiro atoms. The van der Waals surface area contributed by atoms with Gasteiger partial charge in [-0.3, -0.25) is 4.79 Å². The minimum absolute atomic E-state index is 0. The van der Waals surface area contributed by atoms with Crippen LogP contribution in [0.3, 0.4) is 0 Å². The van der Waals surface area contributed by atoms with E-state index >= 15 is 0 Å². The first kappa shape index (κ1) is 15.7. The first-order chi connectivity index (χ1) is 7.11. The number of rotatable bonds is 2. The fourth-order valence-corrected chi connectivity index (χ4v) is 2.23. The topological polar surface area (TPSA) is 55.1 Å². The number of hydrogen-bond acceptors (Lipinski definition) is 2. The zero-order chi connectivity index (χ0) is 11.3. The van der Waals surface area contributed by atoms with E-state index in [0.717, 1.165) is 19.3 Å². The van der Waals surface area contributed by atoms with Gasteiger partial charge in [-0.1, -0.05) is 25.7 Å². The summed E-state index contributed by atoms with van der Waals surface area (Å²) < 4.78 is 0. The Kier molecular flexibility index (Phi) is 7.77. The molecule has 16 heavy (non-hydrogen) atoms. The first-order valence-electron chi connectivity index (χ1n) is 6.17.